The van der Waals surface area contributed by atoms with E-state index >= 15 is 0 Å². The van der Waals surface area contributed by atoms with Gasteiger partial charge in [-0.25, -0.2) is 4.57 Å². The van der Waals surface area contributed by atoms with E-state index in [1.807, 2.05) is 0 Å². The molecule has 0 aromatic carbocycles. The molecule has 0 bridgehead atoms. The molecule has 0 rings (SSSR count). The van der Waals surface area contributed by atoms with E-state index in [2.05, 4.69) is 0 Å². The molecule has 58 valence electrons. The first-order valence-corrected chi connectivity index (χ1v) is 5.45. The van der Waals surface area contributed by atoms with E-state index in [1.54, 1.807) is 0 Å². The number of halogens is 1. The third-order valence-corrected chi connectivity index (χ3v) is 0. The molecule has 0 aromatic rings. The Balaban J connectivity index is -0.0000000910. The Morgan fingerprint density at radius 2 is 1.10 bits per heavy atom. The first-order valence-electron chi connectivity index (χ1n) is 1.25. The molecule has 0 radical (unpaired) electrons. The van der Waals surface area contributed by atoms with Gasteiger partial charge >= 0.3 is 59.2 Å². The average molecular weight is 312 g/mol. The Morgan fingerprint density at radius 3 is 1.10 bits per heavy atom. The van der Waals surface area contributed by atoms with Crippen LogP contribution in [0, 0.1) is 0 Å². The number of phosphoric acid groups is 1. The average Bonchev–Trinajstić information content (AvgIpc) is 1.19. The Bertz CT molecular complexity index is 84.8. The summed E-state index contributed by atoms with van der Waals surface area (Å²) in [5, 5.41) is 0. The maximum absolute atomic E-state index is 8.88. The zero-order chi connectivity index (χ0) is 8.08. The molecule has 0 aromatic heterocycles. The number of rotatable bonds is 0. The summed E-state index contributed by atoms with van der Waals surface area (Å²) in [7, 11) is -4.64. The molecule has 0 atom stereocenters. The van der Waals surface area contributed by atoms with Crippen LogP contribution in [0.1, 0.15) is 0 Å². The van der Waals surface area contributed by atoms with Gasteiger partial charge in [-0.2, -0.15) is 0 Å². The van der Waals surface area contributed by atoms with Crippen LogP contribution in [0.25, 0.3) is 0 Å². The van der Waals surface area contributed by atoms with Crippen LogP contribution >= 0.6 is 7.82 Å². The van der Waals surface area contributed by atoms with Gasteiger partial charge in [0.05, 0.1) is 0 Å². The van der Waals surface area contributed by atoms with Crippen molar-refractivity contribution in [1.82, 2.24) is 0 Å². The predicted octanol–water partition coefficient (Wildman–Crippen LogP) is -10.5. The summed E-state index contributed by atoms with van der Waals surface area (Å²) >= 11 is -4.01. The van der Waals surface area contributed by atoms with Crippen molar-refractivity contribution in [1.29, 1.82) is 0 Å². The fourth-order valence-corrected chi connectivity index (χ4v) is 0. The van der Waals surface area contributed by atoms with Crippen molar-refractivity contribution in [3.8, 4) is 0 Å². The summed E-state index contributed by atoms with van der Waals surface area (Å²) < 4.78 is 34.6. The molecular formula is H3IKO7P. The second kappa shape index (κ2) is 9.44. The van der Waals surface area contributed by atoms with Crippen molar-refractivity contribution in [3.05, 3.63) is 0 Å². The first-order chi connectivity index (χ1) is 3.73. The molecule has 0 heterocycles. The fraction of sp³-hybridized carbons (Fsp3) is 0. The molecule has 7 nitrogen and oxygen atoms in total. The number of hydrogen-bond donors (Lipinski definition) is 3. The van der Waals surface area contributed by atoms with Crippen LogP contribution in [0.15, 0.2) is 0 Å². The Morgan fingerprint density at radius 1 is 1.10 bits per heavy atom. The number of hydrogen-bond acceptors (Lipinski definition) is 4. The largest absolute Gasteiger partial charge is 1.00 e. The van der Waals surface area contributed by atoms with E-state index in [-0.39, 0.29) is 51.4 Å². The van der Waals surface area contributed by atoms with Gasteiger partial charge in [0.15, 0.2) is 0 Å². The van der Waals surface area contributed by atoms with Crippen LogP contribution < -0.4 is 82.8 Å². The summed E-state index contributed by atoms with van der Waals surface area (Å²) in [6.45, 7) is 0. The molecule has 0 aliphatic rings. The second-order valence-electron chi connectivity index (χ2n) is 0.702. The van der Waals surface area contributed by atoms with Gasteiger partial charge in [-0.15, -0.1) is 0 Å². The minimum absolute atomic E-state index is 0. The quantitative estimate of drug-likeness (QED) is 0.228. The summed E-state index contributed by atoms with van der Waals surface area (Å²) in [4.78, 5) is 21.6. The van der Waals surface area contributed by atoms with Crippen LogP contribution in [-0.2, 0) is 4.57 Å². The third kappa shape index (κ3) is 163. The van der Waals surface area contributed by atoms with E-state index in [0.717, 1.165) is 0 Å². The van der Waals surface area contributed by atoms with Crippen molar-refractivity contribution < 1.29 is 102 Å². The van der Waals surface area contributed by atoms with Crippen LogP contribution in [0.5, 0.6) is 0 Å². The van der Waals surface area contributed by atoms with Crippen LogP contribution in [0.4, 0.5) is 0 Å². The van der Waals surface area contributed by atoms with Gasteiger partial charge in [0.2, 0.25) is 0 Å². The van der Waals surface area contributed by atoms with Crippen molar-refractivity contribution in [2.75, 3.05) is 0 Å². The van der Waals surface area contributed by atoms with Crippen molar-refractivity contribution >= 4 is 7.82 Å². The summed E-state index contributed by atoms with van der Waals surface area (Å²) in [6.07, 6.45) is 0. The van der Waals surface area contributed by atoms with Gasteiger partial charge in [-0.3, -0.25) is 0 Å². The molecule has 0 saturated carbocycles. The summed E-state index contributed by atoms with van der Waals surface area (Å²) in [5.74, 6) is 0. The van der Waals surface area contributed by atoms with E-state index < -0.39 is 28.9 Å². The monoisotopic (exact) mass is 312 g/mol. The van der Waals surface area contributed by atoms with Crippen molar-refractivity contribution in [2.45, 2.75) is 0 Å². The van der Waals surface area contributed by atoms with Crippen molar-refractivity contribution in [3.63, 3.8) is 0 Å². The van der Waals surface area contributed by atoms with Gasteiger partial charge in [-0.1, -0.05) is 0 Å². The molecule has 10 heteroatoms. The van der Waals surface area contributed by atoms with Crippen LogP contribution in [0.2, 0.25) is 0 Å². The maximum Gasteiger partial charge on any atom is 1.00 e. The zero-order valence-corrected chi connectivity index (χ0v) is 11.0. The fourth-order valence-electron chi connectivity index (χ4n) is 0. The topological polar surface area (TPSA) is 147 Å². The second-order valence-corrected chi connectivity index (χ2v) is 2.81. The molecule has 3 N–H and O–H groups in total. The minimum Gasteiger partial charge on any atom is -0.427 e. The molecule has 0 spiro atoms. The molecular weight excluding hydrogens is 309 g/mol. The normalized spacial score (nSPS) is 9.50. The van der Waals surface area contributed by atoms with Crippen LogP contribution in [-0.4, -0.2) is 14.7 Å². The Kier molecular flexibility index (Phi) is 17.2. The van der Waals surface area contributed by atoms with Gasteiger partial charge in [0.25, 0.3) is 21.1 Å². The SMILES string of the molecule is O=P(O)(O)O.[K+].[O-][I+2]([O-])[O-]. The molecule has 0 aliphatic carbocycles. The summed E-state index contributed by atoms with van der Waals surface area (Å²) in [5.41, 5.74) is 0. The molecule has 0 aliphatic heterocycles. The van der Waals surface area contributed by atoms with E-state index in [4.69, 9.17) is 29.6 Å². The van der Waals surface area contributed by atoms with E-state index in [9.17, 15) is 0 Å². The zero-order valence-electron chi connectivity index (χ0n) is 4.80. The molecule has 0 saturated heterocycles. The predicted molar refractivity (Wildman–Crippen MR) is 14.3 cm³/mol. The van der Waals surface area contributed by atoms with E-state index in [0.29, 0.717) is 0 Å². The van der Waals surface area contributed by atoms with Crippen molar-refractivity contribution in [2.24, 2.45) is 0 Å². The van der Waals surface area contributed by atoms with E-state index in [1.165, 1.54) is 0 Å². The first kappa shape index (κ1) is 18.2. The Hall–Kier alpha value is 2.36. The van der Waals surface area contributed by atoms with Gasteiger partial charge in [0.1, 0.15) is 0 Å². The van der Waals surface area contributed by atoms with Gasteiger partial charge < -0.3 is 25.0 Å². The summed E-state index contributed by atoms with van der Waals surface area (Å²) in [6, 6.07) is 0. The molecule has 0 unspecified atom stereocenters. The standard InChI is InChI=1S/IO3.K.H3O4P/c2-1(3)4;;1-5(2,3)4/h;;(H3,1,2,3,4)/q-1;+1;. The van der Waals surface area contributed by atoms with Gasteiger partial charge in [0, 0.05) is 0 Å². The third-order valence-electron chi connectivity index (χ3n) is 0. The van der Waals surface area contributed by atoms with Gasteiger partial charge in [-0.05, 0) is 0 Å². The maximum atomic E-state index is 8.88. The smallest absolute Gasteiger partial charge is 0.427 e. The Labute approximate surface area is 108 Å². The molecule has 10 heavy (non-hydrogen) atoms. The molecule has 0 amide bonds. The minimum atomic E-state index is -4.64. The van der Waals surface area contributed by atoms with Crippen LogP contribution in [0.3, 0.4) is 0 Å². The molecule has 0 fully saturated rings.